The number of hydrogen-bond donors (Lipinski definition) is 1. The van der Waals surface area contributed by atoms with E-state index < -0.39 is 0 Å². The molecule has 0 aliphatic carbocycles. The number of benzene rings is 2. The van der Waals surface area contributed by atoms with E-state index in [1.165, 1.54) is 32.1 Å². The van der Waals surface area contributed by atoms with Crippen LogP contribution in [-0.4, -0.2) is 63.4 Å². The summed E-state index contributed by atoms with van der Waals surface area (Å²) in [5, 5.41) is 12.1. The fourth-order valence-corrected chi connectivity index (χ4v) is 3.58. The fraction of sp³-hybridized carbons (Fsp3) is 0.536. The maximum Gasteiger partial charge on any atom is 0.347 e. The van der Waals surface area contributed by atoms with Crippen molar-refractivity contribution in [3.63, 3.8) is 0 Å². The van der Waals surface area contributed by atoms with Gasteiger partial charge < -0.3 is 9.47 Å². The van der Waals surface area contributed by atoms with E-state index in [4.69, 9.17) is 9.47 Å². The third kappa shape index (κ3) is 11.7. The largest absolute Gasteiger partial charge is 0.494 e. The van der Waals surface area contributed by atoms with E-state index >= 15 is 0 Å². The minimum Gasteiger partial charge on any atom is -0.494 e. The third-order valence-electron chi connectivity index (χ3n) is 5.44. The first-order valence-corrected chi connectivity index (χ1v) is 12.8. The molecule has 192 valence electrons. The smallest absolute Gasteiger partial charge is 0.347 e. The Balaban J connectivity index is 1.67. The Bertz CT molecular complexity index is 889. The second-order valence-corrected chi connectivity index (χ2v) is 9.05. The number of rotatable bonds is 15. The number of nitrogens with one attached hydrogen (secondary N) is 1. The highest BCUT2D eigenvalue weighted by atomic mass is 16.5. The molecule has 0 fully saturated rings. The van der Waals surface area contributed by atoms with Crippen molar-refractivity contribution in [1.82, 2.24) is 10.2 Å². The zero-order valence-corrected chi connectivity index (χ0v) is 22.3. The summed E-state index contributed by atoms with van der Waals surface area (Å²) in [4.78, 5) is 2.06. The van der Waals surface area contributed by atoms with Crippen molar-refractivity contribution in [2.75, 3.05) is 47.9 Å². The topological polar surface area (TPSA) is 61.5 Å². The van der Waals surface area contributed by atoms with Crippen LogP contribution in [0.2, 0.25) is 0 Å². The summed E-state index contributed by atoms with van der Waals surface area (Å²) in [5.41, 5.74) is 1.59. The lowest BCUT2D eigenvalue weighted by molar-refractivity contribution is -0.472. The van der Waals surface area contributed by atoms with Crippen LogP contribution in [0.15, 0.2) is 58.8 Å². The highest BCUT2D eigenvalue weighted by Crippen LogP contribution is 2.23. The van der Waals surface area contributed by atoms with E-state index in [2.05, 4.69) is 31.9 Å². The first-order chi connectivity index (χ1) is 17.0. The highest BCUT2D eigenvalue weighted by Gasteiger charge is 2.09. The van der Waals surface area contributed by atoms with Crippen molar-refractivity contribution in [2.45, 2.75) is 51.9 Å². The van der Waals surface area contributed by atoms with E-state index in [-0.39, 0.29) is 0 Å². The van der Waals surface area contributed by atoms with Crippen LogP contribution < -0.4 is 14.8 Å². The standard InChI is InChI=1S/C28H43N5O2/c1-6-7-8-9-10-11-22-34-26-17-13-24(14-18-26)30-31-25-15-19-27(20-16-25)35-23-12-21-29-28(32(2)3)33(4)5/h13-20H,6-12,21-23H2,1-5H3/p+1. The maximum atomic E-state index is 5.84. The van der Waals surface area contributed by atoms with Gasteiger partial charge in [-0.05, 0) is 55.0 Å². The molecule has 0 unspecified atom stereocenters. The van der Waals surface area contributed by atoms with Gasteiger partial charge in [0.2, 0.25) is 0 Å². The average Bonchev–Trinajstić information content (AvgIpc) is 2.85. The van der Waals surface area contributed by atoms with Gasteiger partial charge in [0.15, 0.2) is 0 Å². The number of guanidine groups is 1. The Hall–Kier alpha value is -3.09. The lowest BCUT2D eigenvalue weighted by Crippen LogP contribution is -2.42. The van der Waals surface area contributed by atoms with Gasteiger partial charge in [-0.25, -0.2) is 0 Å². The molecule has 7 nitrogen and oxygen atoms in total. The second-order valence-electron chi connectivity index (χ2n) is 9.05. The van der Waals surface area contributed by atoms with Crippen LogP contribution in [0, 0.1) is 0 Å². The molecule has 0 amide bonds. The summed E-state index contributed by atoms with van der Waals surface area (Å²) in [6, 6.07) is 15.5. The van der Waals surface area contributed by atoms with E-state index in [0.717, 1.165) is 54.8 Å². The SMILES string of the molecule is CCCCCCCCOc1ccc(N=Nc2ccc(OCCCNC(N(C)C)=[N+](C)C)cc2)cc1. The molecule has 0 radical (unpaired) electrons. The second kappa shape index (κ2) is 16.5. The molecule has 35 heavy (non-hydrogen) atoms. The Morgan fingerprint density at radius 1 is 0.743 bits per heavy atom. The molecule has 2 aromatic rings. The van der Waals surface area contributed by atoms with Gasteiger partial charge >= 0.3 is 5.96 Å². The number of nitrogens with zero attached hydrogens (tertiary/aromatic N) is 4. The first kappa shape index (κ1) is 28.1. The van der Waals surface area contributed by atoms with Crippen molar-refractivity contribution in [1.29, 1.82) is 0 Å². The zero-order chi connectivity index (χ0) is 25.3. The highest BCUT2D eigenvalue weighted by molar-refractivity contribution is 5.74. The number of hydrogen-bond acceptors (Lipinski definition) is 4. The average molecular weight is 483 g/mol. The molecule has 0 saturated carbocycles. The number of azo groups is 1. The van der Waals surface area contributed by atoms with Gasteiger partial charge in [-0.2, -0.15) is 10.2 Å². The molecule has 7 heteroatoms. The van der Waals surface area contributed by atoms with Crippen LogP contribution in [0.3, 0.4) is 0 Å². The van der Waals surface area contributed by atoms with Crippen LogP contribution >= 0.6 is 0 Å². The third-order valence-corrected chi connectivity index (χ3v) is 5.44. The lowest BCUT2D eigenvalue weighted by atomic mass is 10.1. The van der Waals surface area contributed by atoms with Crippen molar-refractivity contribution in [2.24, 2.45) is 10.2 Å². The summed E-state index contributed by atoms with van der Waals surface area (Å²) in [7, 11) is 8.11. The van der Waals surface area contributed by atoms with E-state index in [1.54, 1.807) is 0 Å². The fourth-order valence-electron chi connectivity index (χ4n) is 3.58. The van der Waals surface area contributed by atoms with E-state index in [0.29, 0.717) is 6.61 Å². The van der Waals surface area contributed by atoms with Crippen molar-refractivity contribution < 1.29 is 14.0 Å². The van der Waals surface area contributed by atoms with Gasteiger partial charge in [0, 0.05) is 6.42 Å². The van der Waals surface area contributed by atoms with Gasteiger partial charge in [-0.15, -0.1) is 0 Å². The van der Waals surface area contributed by atoms with Gasteiger partial charge in [0.05, 0.1) is 59.3 Å². The summed E-state index contributed by atoms with van der Waals surface area (Å²) in [6.07, 6.45) is 8.50. The summed E-state index contributed by atoms with van der Waals surface area (Å²) in [6.45, 7) is 4.51. The lowest BCUT2D eigenvalue weighted by Gasteiger charge is -2.13. The number of unbranched alkanes of at least 4 members (excludes halogenated alkanes) is 5. The zero-order valence-electron chi connectivity index (χ0n) is 22.3. The molecule has 0 spiro atoms. The molecule has 2 rings (SSSR count). The molecular formula is C28H44N5O2+. The van der Waals surface area contributed by atoms with Crippen molar-refractivity contribution in [3.8, 4) is 11.5 Å². The van der Waals surface area contributed by atoms with Crippen LogP contribution in [-0.2, 0) is 0 Å². The predicted molar refractivity (Wildman–Crippen MR) is 145 cm³/mol. The van der Waals surface area contributed by atoms with E-state index in [9.17, 15) is 0 Å². The van der Waals surface area contributed by atoms with Gasteiger partial charge in [-0.1, -0.05) is 39.0 Å². The van der Waals surface area contributed by atoms with Gasteiger partial charge in [-0.3, -0.25) is 14.8 Å². The first-order valence-electron chi connectivity index (χ1n) is 12.8. The molecule has 0 atom stereocenters. The monoisotopic (exact) mass is 482 g/mol. The van der Waals surface area contributed by atoms with Crippen molar-refractivity contribution >= 4 is 17.3 Å². The van der Waals surface area contributed by atoms with Crippen LogP contribution in [0.25, 0.3) is 0 Å². The molecular weight excluding hydrogens is 438 g/mol. The van der Waals surface area contributed by atoms with E-state index in [1.807, 2.05) is 76.7 Å². The van der Waals surface area contributed by atoms with Crippen LogP contribution in [0.4, 0.5) is 11.4 Å². The minimum absolute atomic E-state index is 0.648. The Morgan fingerprint density at radius 2 is 1.23 bits per heavy atom. The maximum absolute atomic E-state index is 5.84. The normalized spacial score (nSPS) is 10.9. The molecule has 1 N–H and O–H groups in total. The van der Waals surface area contributed by atoms with Crippen LogP contribution in [0.5, 0.6) is 11.5 Å². The molecule has 0 bridgehead atoms. The Morgan fingerprint density at radius 3 is 1.71 bits per heavy atom. The Labute approximate surface area is 211 Å². The molecule has 2 aromatic carbocycles. The predicted octanol–water partition coefficient (Wildman–Crippen LogP) is 6.39. The van der Waals surface area contributed by atoms with Crippen LogP contribution in [0.1, 0.15) is 51.9 Å². The molecule has 0 aliphatic heterocycles. The summed E-state index contributed by atoms with van der Waals surface area (Å²) < 4.78 is 13.7. The molecule has 0 heterocycles. The number of ether oxygens (including phenoxy) is 2. The molecule has 0 aliphatic rings. The molecule has 0 aromatic heterocycles. The summed E-state index contributed by atoms with van der Waals surface area (Å²) in [5.74, 6) is 2.79. The Kier molecular flexibility index (Phi) is 13.3. The van der Waals surface area contributed by atoms with Gasteiger partial charge in [0.25, 0.3) is 0 Å². The summed E-state index contributed by atoms with van der Waals surface area (Å²) >= 11 is 0. The quantitative estimate of drug-likeness (QED) is 0.105. The minimum atomic E-state index is 0.648. The van der Waals surface area contributed by atoms with Gasteiger partial charge in [0.1, 0.15) is 11.5 Å². The molecule has 0 saturated heterocycles. The van der Waals surface area contributed by atoms with Crippen molar-refractivity contribution in [3.05, 3.63) is 48.5 Å².